The summed E-state index contributed by atoms with van der Waals surface area (Å²) in [5.74, 6) is 0.479. The normalized spacial score (nSPS) is 24.5. The molecule has 0 N–H and O–H groups in total. The Balaban J connectivity index is 2.62. The Morgan fingerprint density at radius 1 is 1.00 bits per heavy atom. The van der Waals surface area contributed by atoms with E-state index in [-0.39, 0.29) is 0 Å². The first-order chi connectivity index (χ1) is 7.00. The molecule has 0 aromatic heterocycles. The van der Waals surface area contributed by atoms with E-state index in [1.165, 1.54) is 19.3 Å². The van der Waals surface area contributed by atoms with Crippen LogP contribution in [0, 0.1) is 0 Å². The van der Waals surface area contributed by atoms with Gasteiger partial charge in [0.15, 0.2) is 0 Å². The van der Waals surface area contributed by atoms with Crippen LogP contribution in [-0.2, 0) is 4.79 Å². The van der Waals surface area contributed by atoms with Crippen LogP contribution in [0.4, 0.5) is 0 Å². The number of ketones is 1. The molecule has 0 amide bonds. The highest BCUT2D eigenvalue weighted by Crippen LogP contribution is 2.23. The monoisotopic (exact) mass is 224 g/mol. The minimum Gasteiger partial charge on any atom is -0.300 e. The minimum atomic E-state index is -1.12. The highest BCUT2D eigenvalue weighted by molar-refractivity contribution is 6.83. The predicted molar refractivity (Wildman–Crippen MR) is 68.8 cm³/mol. The summed E-state index contributed by atoms with van der Waals surface area (Å²) in [6.07, 6.45) is 9.82. The molecule has 0 aliphatic heterocycles. The molecule has 1 aliphatic rings. The first kappa shape index (κ1) is 12.7. The summed E-state index contributed by atoms with van der Waals surface area (Å²) in [6.45, 7) is 7.23. The van der Waals surface area contributed by atoms with Gasteiger partial charge in [0, 0.05) is 12.8 Å². The molecular weight excluding hydrogens is 200 g/mol. The molecule has 0 fully saturated rings. The van der Waals surface area contributed by atoms with Crippen molar-refractivity contribution in [2.75, 3.05) is 0 Å². The SMILES string of the molecule is C[Si](C)(C)/C1=C/CCCCC(=O)CCC1. The molecule has 0 saturated heterocycles. The summed E-state index contributed by atoms with van der Waals surface area (Å²) >= 11 is 0. The van der Waals surface area contributed by atoms with Gasteiger partial charge in [0.2, 0.25) is 0 Å². The highest BCUT2D eigenvalue weighted by atomic mass is 28.3. The Morgan fingerprint density at radius 2 is 1.67 bits per heavy atom. The Labute approximate surface area is 95.0 Å². The van der Waals surface area contributed by atoms with Gasteiger partial charge in [0.25, 0.3) is 0 Å². The van der Waals surface area contributed by atoms with Crippen LogP contribution in [0.5, 0.6) is 0 Å². The van der Waals surface area contributed by atoms with Crippen LogP contribution in [-0.4, -0.2) is 13.9 Å². The molecule has 1 rings (SSSR count). The van der Waals surface area contributed by atoms with Crippen LogP contribution < -0.4 is 0 Å². The molecule has 0 aromatic carbocycles. The maximum absolute atomic E-state index is 11.4. The lowest BCUT2D eigenvalue weighted by Crippen LogP contribution is -2.24. The van der Waals surface area contributed by atoms with Crippen molar-refractivity contribution in [3.8, 4) is 0 Å². The van der Waals surface area contributed by atoms with Gasteiger partial charge >= 0.3 is 0 Å². The first-order valence-electron chi connectivity index (χ1n) is 6.21. The van der Waals surface area contributed by atoms with Crippen LogP contribution in [0.25, 0.3) is 0 Å². The Kier molecular flexibility index (Phi) is 4.77. The summed E-state index contributed by atoms with van der Waals surface area (Å²) in [6, 6.07) is 0. The molecule has 0 radical (unpaired) electrons. The van der Waals surface area contributed by atoms with Crippen LogP contribution in [0.1, 0.15) is 44.9 Å². The third kappa shape index (κ3) is 4.78. The lowest BCUT2D eigenvalue weighted by Gasteiger charge is -2.22. The van der Waals surface area contributed by atoms with Gasteiger partial charge < -0.3 is 0 Å². The molecule has 0 atom stereocenters. The summed E-state index contributed by atoms with van der Waals surface area (Å²) in [4.78, 5) is 11.4. The number of hydrogen-bond acceptors (Lipinski definition) is 1. The number of carbonyl (C=O) groups excluding carboxylic acids is 1. The van der Waals surface area contributed by atoms with Crippen LogP contribution in [0.2, 0.25) is 19.6 Å². The van der Waals surface area contributed by atoms with E-state index in [1.807, 2.05) is 0 Å². The number of carbonyl (C=O) groups is 1. The van der Waals surface area contributed by atoms with Crippen LogP contribution in [0.15, 0.2) is 11.3 Å². The zero-order chi connectivity index (χ0) is 11.3. The largest absolute Gasteiger partial charge is 0.300 e. The van der Waals surface area contributed by atoms with Crippen molar-refractivity contribution >= 4 is 13.9 Å². The van der Waals surface area contributed by atoms with Crippen molar-refractivity contribution in [3.05, 3.63) is 11.3 Å². The summed E-state index contributed by atoms with van der Waals surface area (Å²) in [5.41, 5.74) is 0. The van der Waals surface area contributed by atoms with Gasteiger partial charge in [0.1, 0.15) is 5.78 Å². The van der Waals surface area contributed by atoms with E-state index in [0.717, 1.165) is 25.7 Å². The van der Waals surface area contributed by atoms with Gasteiger partial charge in [0.05, 0.1) is 8.07 Å². The maximum atomic E-state index is 11.4. The van der Waals surface area contributed by atoms with Crippen molar-refractivity contribution in [2.24, 2.45) is 0 Å². The van der Waals surface area contributed by atoms with Gasteiger partial charge in [-0.2, -0.15) is 0 Å². The second-order valence-electron chi connectivity index (χ2n) is 5.62. The maximum Gasteiger partial charge on any atom is 0.132 e. The van der Waals surface area contributed by atoms with Crippen molar-refractivity contribution in [2.45, 2.75) is 64.6 Å². The zero-order valence-electron chi connectivity index (χ0n) is 10.4. The first-order valence-corrected chi connectivity index (χ1v) is 9.71. The van der Waals surface area contributed by atoms with E-state index < -0.39 is 8.07 Å². The second-order valence-corrected chi connectivity index (χ2v) is 10.8. The molecule has 0 heterocycles. The number of Topliss-reactive ketones (excluding diaryl/α,β-unsaturated/α-hetero) is 1. The van der Waals surface area contributed by atoms with Gasteiger partial charge in [-0.15, -0.1) is 0 Å². The average molecular weight is 224 g/mol. The Bertz CT molecular complexity index is 248. The van der Waals surface area contributed by atoms with E-state index in [0.29, 0.717) is 5.78 Å². The lowest BCUT2D eigenvalue weighted by atomic mass is 10.0. The Hall–Kier alpha value is -0.373. The standard InChI is InChI=1S/C13H24OSi/c1-15(2,3)13-10-6-4-5-8-12(14)9-7-11-13/h10H,4-9,11H2,1-3H3/b13-10+. The lowest BCUT2D eigenvalue weighted by molar-refractivity contribution is -0.119. The van der Waals surface area contributed by atoms with Gasteiger partial charge in [-0.25, -0.2) is 0 Å². The number of allylic oxidation sites excluding steroid dienone is 2. The average Bonchev–Trinajstić information content (AvgIpc) is 2.13. The molecule has 0 aromatic rings. The van der Waals surface area contributed by atoms with Gasteiger partial charge in [-0.3, -0.25) is 4.79 Å². The van der Waals surface area contributed by atoms with Crippen LogP contribution in [0.3, 0.4) is 0 Å². The molecule has 0 saturated carbocycles. The highest BCUT2D eigenvalue weighted by Gasteiger charge is 2.19. The van der Waals surface area contributed by atoms with Crippen molar-refractivity contribution in [1.82, 2.24) is 0 Å². The predicted octanol–water partition coefficient (Wildman–Crippen LogP) is 4.10. The van der Waals surface area contributed by atoms with E-state index in [9.17, 15) is 4.79 Å². The summed E-state index contributed by atoms with van der Waals surface area (Å²) in [7, 11) is -1.12. The molecular formula is C13H24OSi. The van der Waals surface area contributed by atoms with E-state index >= 15 is 0 Å². The fraction of sp³-hybridized carbons (Fsp3) is 0.769. The smallest absolute Gasteiger partial charge is 0.132 e. The molecule has 0 spiro atoms. The van der Waals surface area contributed by atoms with E-state index in [1.54, 1.807) is 5.20 Å². The number of hydrogen-bond donors (Lipinski definition) is 0. The summed E-state index contributed by atoms with van der Waals surface area (Å²) < 4.78 is 0. The van der Waals surface area contributed by atoms with E-state index in [4.69, 9.17) is 0 Å². The Morgan fingerprint density at radius 3 is 2.33 bits per heavy atom. The third-order valence-electron chi connectivity index (χ3n) is 3.17. The molecule has 86 valence electrons. The zero-order valence-corrected chi connectivity index (χ0v) is 11.4. The number of rotatable bonds is 1. The molecule has 0 bridgehead atoms. The minimum absolute atomic E-state index is 0.479. The van der Waals surface area contributed by atoms with Crippen molar-refractivity contribution < 1.29 is 4.79 Å². The second kappa shape index (κ2) is 5.64. The topological polar surface area (TPSA) is 17.1 Å². The fourth-order valence-electron chi connectivity index (χ4n) is 2.13. The van der Waals surface area contributed by atoms with Gasteiger partial charge in [-0.1, -0.05) is 30.9 Å². The molecule has 1 aliphatic carbocycles. The van der Waals surface area contributed by atoms with E-state index in [2.05, 4.69) is 25.7 Å². The van der Waals surface area contributed by atoms with Gasteiger partial charge in [-0.05, 0) is 32.1 Å². The molecule has 0 unspecified atom stereocenters. The quantitative estimate of drug-likeness (QED) is 0.613. The summed E-state index contributed by atoms with van der Waals surface area (Å²) in [5, 5.41) is 1.68. The third-order valence-corrected chi connectivity index (χ3v) is 5.55. The fourth-order valence-corrected chi connectivity index (χ4v) is 3.81. The van der Waals surface area contributed by atoms with Crippen LogP contribution >= 0.6 is 0 Å². The van der Waals surface area contributed by atoms with Crippen molar-refractivity contribution in [1.29, 1.82) is 0 Å². The molecule has 15 heavy (non-hydrogen) atoms. The molecule has 1 nitrogen and oxygen atoms in total. The van der Waals surface area contributed by atoms with Crippen molar-refractivity contribution in [3.63, 3.8) is 0 Å². The molecule has 2 heteroatoms.